The van der Waals surface area contributed by atoms with Gasteiger partial charge in [0, 0.05) is 30.2 Å². The molecule has 1 amide bonds. The van der Waals surface area contributed by atoms with Crippen LogP contribution in [0.2, 0.25) is 5.02 Å². The minimum Gasteiger partial charge on any atom is -0.337 e. The second-order valence-corrected chi connectivity index (χ2v) is 4.51. The molecule has 1 heterocycles. The molecule has 0 aliphatic carbocycles. The Bertz CT molecular complexity index is 392. The number of nitrogens with one attached hydrogen (secondary N) is 1. The summed E-state index contributed by atoms with van der Waals surface area (Å²) < 4.78 is 0. The first-order valence-corrected chi connectivity index (χ1v) is 5.80. The summed E-state index contributed by atoms with van der Waals surface area (Å²) in [4.78, 5) is 13.9. The zero-order valence-corrected chi connectivity index (χ0v) is 11.2. The monoisotopic (exact) mass is 274 g/mol. The van der Waals surface area contributed by atoms with Gasteiger partial charge in [0.15, 0.2) is 0 Å². The van der Waals surface area contributed by atoms with Gasteiger partial charge in [-0.05, 0) is 31.2 Å². The van der Waals surface area contributed by atoms with Gasteiger partial charge in [0.25, 0.3) is 5.91 Å². The molecular weight excluding hydrogens is 259 g/mol. The highest BCUT2D eigenvalue weighted by Gasteiger charge is 2.23. The Morgan fingerprint density at radius 3 is 2.88 bits per heavy atom. The van der Waals surface area contributed by atoms with Gasteiger partial charge in [-0.25, -0.2) is 0 Å². The van der Waals surface area contributed by atoms with E-state index in [-0.39, 0.29) is 18.3 Å². The predicted octanol–water partition coefficient (Wildman–Crippen LogP) is 2.20. The minimum atomic E-state index is 0. The second kappa shape index (κ2) is 6.24. The fourth-order valence-corrected chi connectivity index (χ4v) is 2.15. The van der Waals surface area contributed by atoms with E-state index in [0.29, 0.717) is 16.6 Å². The van der Waals surface area contributed by atoms with Crippen molar-refractivity contribution in [3.05, 3.63) is 34.9 Å². The Balaban J connectivity index is 0.00000144. The zero-order valence-electron chi connectivity index (χ0n) is 9.65. The third-order valence-corrected chi connectivity index (χ3v) is 3.21. The van der Waals surface area contributed by atoms with Gasteiger partial charge < -0.3 is 10.2 Å². The molecule has 0 spiro atoms. The quantitative estimate of drug-likeness (QED) is 0.897. The molecule has 17 heavy (non-hydrogen) atoms. The SMILES string of the molecule is CN(C(=O)c1cccc(Cl)c1)[C@@H]1CCNC1.Cl. The summed E-state index contributed by atoms with van der Waals surface area (Å²) in [5.41, 5.74) is 0.655. The molecule has 0 bridgehead atoms. The molecule has 94 valence electrons. The number of hydrogen-bond acceptors (Lipinski definition) is 2. The normalized spacial score (nSPS) is 18.6. The van der Waals surface area contributed by atoms with Crippen LogP contribution in [-0.4, -0.2) is 37.0 Å². The number of halogens is 2. The van der Waals surface area contributed by atoms with Gasteiger partial charge in [-0.15, -0.1) is 12.4 Å². The third kappa shape index (κ3) is 3.35. The van der Waals surface area contributed by atoms with Gasteiger partial charge in [0.05, 0.1) is 0 Å². The Morgan fingerprint density at radius 1 is 1.53 bits per heavy atom. The van der Waals surface area contributed by atoms with Gasteiger partial charge in [-0.1, -0.05) is 17.7 Å². The van der Waals surface area contributed by atoms with Crippen molar-refractivity contribution in [3.63, 3.8) is 0 Å². The summed E-state index contributed by atoms with van der Waals surface area (Å²) >= 11 is 5.87. The first-order valence-electron chi connectivity index (χ1n) is 5.42. The zero-order chi connectivity index (χ0) is 11.5. The topological polar surface area (TPSA) is 32.3 Å². The maximum Gasteiger partial charge on any atom is 0.253 e. The van der Waals surface area contributed by atoms with Crippen molar-refractivity contribution in [2.45, 2.75) is 12.5 Å². The number of hydrogen-bond donors (Lipinski definition) is 1. The molecule has 0 unspecified atom stereocenters. The molecule has 1 aliphatic heterocycles. The van der Waals surface area contributed by atoms with Crippen molar-refractivity contribution in [1.82, 2.24) is 10.2 Å². The Morgan fingerprint density at radius 2 is 2.29 bits per heavy atom. The molecule has 0 radical (unpaired) electrons. The van der Waals surface area contributed by atoms with E-state index >= 15 is 0 Å². The standard InChI is InChI=1S/C12H15ClN2O.ClH/c1-15(11-5-6-14-8-11)12(16)9-3-2-4-10(13)7-9;/h2-4,7,11,14H,5-6,8H2,1H3;1H/t11-;/m1./s1. The molecule has 2 rings (SSSR count). The Labute approximate surface area is 113 Å². The van der Waals surface area contributed by atoms with Gasteiger partial charge in [0.2, 0.25) is 0 Å². The van der Waals surface area contributed by atoms with Crippen LogP contribution in [0.4, 0.5) is 0 Å². The average molecular weight is 275 g/mol. The van der Waals surface area contributed by atoms with Crippen LogP contribution in [0.5, 0.6) is 0 Å². The number of benzene rings is 1. The van der Waals surface area contributed by atoms with E-state index in [1.165, 1.54) is 0 Å². The van der Waals surface area contributed by atoms with E-state index in [4.69, 9.17) is 11.6 Å². The van der Waals surface area contributed by atoms with Gasteiger partial charge in [-0.3, -0.25) is 4.79 Å². The van der Waals surface area contributed by atoms with Crippen molar-refractivity contribution in [3.8, 4) is 0 Å². The minimum absolute atomic E-state index is 0. The maximum absolute atomic E-state index is 12.1. The van der Waals surface area contributed by atoms with Gasteiger partial charge >= 0.3 is 0 Å². The number of amides is 1. The van der Waals surface area contributed by atoms with Crippen LogP contribution in [0.3, 0.4) is 0 Å². The number of nitrogens with zero attached hydrogens (tertiary/aromatic N) is 1. The van der Waals surface area contributed by atoms with E-state index in [9.17, 15) is 4.79 Å². The van der Waals surface area contributed by atoms with E-state index in [1.54, 1.807) is 29.2 Å². The van der Waals surface area contributed by atoms with Gasteiger partial charge in [-0.2, -0.15) is 0 Å². The van der Waals surface area contributed by atoms with Gasteiger partial charge in [0.1, 0.15) is 0 Å². The third-order valence-electron chi connectivity index (χ3n) is 2.97. The lowest BCUT2D eigenvalue weighted by Gasteiger charge is -2.23. The molecule has 1 aromatic carbocycles. The smallest absolute Gasteiger partial charge is 0.253 e. The van der Waals surface area contributed by atoms with Crippen LogP contribution < -0.4 is 5.32 Å². The molecule has 1 aromatic rings. The molecule has 1 saturated heterocycles. The molecule has 0 aromatic heterocycles. The highest BCUT2D eigenvalue weighted by Crippen LogP contribution is 2.15. The molecule has 5 heteroatoms. The predicted molar refractivity (Wildman–Crippen MR) is 72.1 cm³/mol. The van der Waals surface area contributed by atoms with Crippen molar-refractivity contribution in [2.24, 2.45) is 0 Å². The van der Waals surface area contributed by atoms with Crippen LogP contribution in [0, 0.1) is 0 Å². The van der Waals surface area contributed by atoms with E-state index in [0.717, 1.165) is 19.5 Å². The molecular formula is C12H16Cl2N2O. The lowest BCUT2D eigenvalue weighted by Crippen LogP contribution is -2.38. The first kappa shape index (κ1) is 14.3. The van der Waals surface area contributed by atoms with Crippen LogP contribution in [0.15, 0.2) is 24.3 Å². The van der Waals surface area contributed by atoms with Crippen molar-refractivity contribution in [2.75, 3.05) is 20.1 Å². The summed E-state index contributed by atoms with van der Waals surface area (Å²) in [5, 5.41) is 3.85. The van der Waals surface area contributed by atoms with Crippen LogP contribution in [0.1, 0.15) is 16.8 Å². The van der Waals surface area contributed by atoms with Crippen LogP contribution in [-0.2, 0) is 0 Å². The molecule has 3 nitrogen and oxygen atoms in total. The maximum atomic E-state index is 12.1. The molecule has 1 aliphatic rings. The lowest BCUT2D eigenvalue weighted by atomic mass is 10.1. The fourth-order valence-electron chi connectivity index (χ4n) is 1.96. The van der Waals surface area contributed by atoms with E-state index < -0.39 is 0 Å². The van der Waals surface area contributed by atoms with E-state index in [2.05, 4.69) is 5.32 Å². The summed E-state index contributed by atoms with van der Waals surface area (Å²) in [7, 11) is 1.85. The molecule has 1 N–H and O–H groups in total. The number of likely N-dealkylation sites (N-methyl/N-ethyl adjacent to an activating group) is 1. The fraction of sp³-hybridized carbons (Fsp3) is 0.417. The van der Waals surface area contributed by atoms with Crippen molar-refractivity contribution >= 4 is 29.9 Å². The number of carbonyl (C=O) groups is 1. The summed E-state index contributed by atoms with van der Waals surface area (Å²) in [5.74, 6) is 0.0381. The first-order chi connectivity index (χ1) is 7.68. The molecule has 1 fully saturated rings. The van der Waals surface area contributed by atoms with Crippen LogP contribution in [0.25, 0.3) is 0 Å². The number of carbonyl (C=O) groups excluding carboxylic acids is 1. The summed E-state index contributed by atoms with van der Waals surface area (Å²) in [6.07, 6.45) is 1.02. The lowest BCUT2D eigenvalue weighted by molar-refractivity contribution is 0.0744. The van der Waals surface area contributed by atoms with Crippen LogP contribution >= 0.6 is 24.0 Å². The summed E-state index contributed by atoms with van der Waals surface area (Å²) in [6.45, 7) is 1.86. The second-order valence-electron chi connectivity index (χ2n) is 4.07. The van der Waals surface area contributed by atoms with Crippen molar-refractivity contribution in [1.29, 1.82) is 0 Å². The Hall–Kier alpha value is -0.770. The van der Waals surface area contributed by atoms with Crippen molar-refractivity contribution < 1.29 is 4.79 Å². The largest absolute Gasteiger partial charge is 0.337 e. The highest BCUT2D eigenvalue weighted by molar-refractivity contribution is 6.30. The Kier molecular flexibility index (Phi) is 5.25. The summed E-state index contributed by atoms with van der Waals surface area (Å²) in [6, 6.07) is 7.38. The number of rotatable bonds is 2. The highest BCUT2D eigenvalue weighted by atomic mass is 35.5. The molecule has 1 atom stereocenters. The molecule has 0 saturated carbocycles. The average Bonchev–Trinajstić information content (AvgIpc) is 2.80. The van der Waals surface area contributed by atoms with E-state index in [1.807, 2.05) is 7.05 Å².